The second kappa shape index (κ2) is 11.3. The average molecular weight is 529 g/mol. The van der Waals surface area contributed by atoms with Crippen molar-refractivity contribution >= 4 is 64.0 Å². The molecule has 34 heavy (non-hydrogen) atoms. The summed E-state index contributed by atoms with van der Waals surface area (Å²) in [5, 5.41) is 0. The SMILES string of the molecule is COC(=O)C1=C(C(=O)OC)SC(=Cc2cc(C#C[Si](C)(C)C)c(C=O)cc2C#C[Si](C)(C)C)S1. The Morgan fingerprint density at radius 1 is 0.794 bits per heavy atom. The van der Waals surface area contributed by atoms with Gasteiger partial charge in [0, 0.05) is 16.7 Å². The van der Waals surface area contributed by atoms with Crippen LogP contribution in [-0.2, 0) is 19.1 Å². The molecule has 0 spiro atoms. The molecule has 0 atom stereocenters. The van der Waals surface area contributed by atoms with Gasteiger partial charge in [-0.15, -0.1) is 11.1 Å². The summed E-state index contributed by atoms with van der Waals surface area (Å²) in [5.41, 5.74) is 9.23. The molecule has 0 saturated carbocycles. The minimum atomic E-state index is -1.68. The highest BCUT2D eigenvalue weighted by atomic mass is 32.2. The molecular formula is C25H28O5S2Si2. The van der Waals surface area contributed by atoms with Crippen molar-refractivity contribution in [3.63, 3.8) is 0 Å². The van der Waals surface area contributed by atoms with Gasteiger partial charge >= 0.3 is 11.9 Å². The van der Waals surface area contributed by atoms with Gasteiger partial charge in [0.25, 0.3) is 0 Å². The maximum absolute atomic E-state index is 12.2. The maximum atomic E-state index is 12.2. The number of aldehydes is 1. The number of hydrogen-bond acceptors (Lipinski definition) is 7. The summed E-state index contributed by atoms with van der Waals surface area (Å²) in [6, 6.07) is 3.62. The first-order valence-electron chi connectivity index (χ1n) is 10.5. The number of carbonyl (C=O) groups excluding carboxylic acids is 3. The van der Waals surface area contributed by atoms with Crippen molar-refractivity contribution in [3.8, 4) is 22.9 Å². The Bertz CT molecular complexity index is 1180. The van der Waals surface area contributed by atoms with Gasteiger partial charge in [0.2, 0.25) is 0 Å². The first-order valence-corrected chi connectivity index (χ1v) is 19.1. The summed E-state index contributed by atoms with van der Waals surface area (Å²) < 4.78 is 10.4. The zero-order chi connectivity index (χ0) is 25.7. The van der Waals surface area contributed by atoms with Gasteiger partial charge in [-0.25, -0.2) is 9.59 Å². The normalized spacial score (nSPS) is 13.4. The topological polar surface area (TPSA) is 69.7 Å². The molecule has 0 bridgehead atoms. The average Bonchev–Trinajstić information content (AvgIpc) is 3.18. The van der Waals surface area contributed by atoms with Crippen molar-refractivity contribution < 1.29 is 23.9 Å². The number of hydrogen-bond donors (Lipinski definition) is 0. The van der Waals surface area contributed by atoms with E-state index in [0.29, 0.717) is 20.9 Å². The van der Waals surface area contributed by atoms with Crippen LogP contribution in [0.4, 0.5) is 0 Å². The van der Waals surface area contributed by atoms with E-state index >= 15 is 0 Å². The molecular weight excluding hydrogens is 501 g/mol. The van der Waals surface area contributed by atoms with Crippen LogP contribution in [0.25, 0.3) is 6.08 Å². The number of ether oxygens (including phenoxy) is 2. The molecule has 0 unspecified atom stereocenters. The molecule has 0 radical (unpaired) electrons. The number of carbonyl (C=O) groups is 3. The molecule has 178 valence electrons. The standard InChI is InChI=1S/C25H28O5S2Si2/c1-29-24(27)22-23(25(28)30-2)32-21(31-22)15-19-13-18(10-12-34(6,7)8)20(16-26)14-17(19)9-11-33(3,4)5/h13-16H,1-8H3. The Hall–Kier alpha value is -2.44. The molecule has 0 aliphatic carbocycles. The lowest BCUT2D eigenvalue weighted by molar-refractivity contribution is -0.138. The lowest BCUT2D eigenvalue weighted by Gasteiger charge is -2.09. The maximum Gasteiger partial charge on any atom is 0.346 e. The summed E-state index contributed by atoms with van der Waals surface area (Å²) in [5.74, 6) is 5.23. The van der Waals surface area contributed by atoms with Crippen molar-refractivity contribution in [2.75, 3.05) is 14.2 Å². The molecule has 1 aromatic carbocycles. The minimum Gasteiger partial charge on any atom is -0.465 e. The van der Waals surface area contributed by atoms with Gasteiger partial charge in [0.05, 0.1) is 18.5 Å². The molecule has 1 aliphatic heterocycles. The van der Waals surface area contributed by atoms with Crippen LogP contribution in [0.1, 0.15) is 27.0 Å². The van der Waals surface area contributed by atoms with Gasteiger partial charge in [-0.3, -0.25) is 4.79 Å². The number of rotatable bonds is 4. The molecule has 9 heteroatoms. The molecule has 0 N–H and O–H groups in total. The number of benzene rings is 1. The predicted octanol–water partition coefficient (Wildman–Crippen LogP) is 5.29. The fourth-order valence-electron chi connectivity index (χ4n) is 2.53. The Kier molecular flexibility index (Phi) is 9.26. The van der Waals surface area contributed by atoms with E-state index in [1.807, 2.05) is 12.1 Å². The van der Waals surface area contributed by atoms with Crippen molar-refractivity contribution in [3.05, 3.63) is 48.4 Å². The third kappa shape index (κ3) is 7.81. The third-order valence-corrected chi connectivity index (χ3v) is 8.29. The van der Waals surface area contributed by atoms with Crippen LogP contribution in [0.5, 0.6) is 0 Å². The molecule has 0 amide bonds. The highest BCUT2D eigenvalue weighted by molar-refractivity contribution is 8.29. The van der Waals surface area contributed by atoms with Crippen molar-refractivity contribution in [1.29, 1.82) is 0 Å². The Morgan fingerprint density at radius 2 is 1.21 bits per heavy atom. The quantitative estimate of drug-likeness (QED) is 0.227. The van der Waals surface area contributed by atoms with E-state index < -0.39 is 28.1 Å². The Labute approximate surface area is 212 Å². The van der Waals surface area contributed by atoms with Crippen molar-refractivity contribution in [2.45, 2.75) is 39.3 Å². The van der Waals surface area contributed by atoms with E-state index in [1.54, 1.807) is 6.07 Å². The van der Waals surface area contributed by atoms with Crippen molar-refractivity contribution in [2.24, 2.45) is 0 Å². The lowest BCUT2D eigenvalue weighted by atomic mass is 9.99. The highest BCUT2D eigenvalue weighted by Crippen LogP contribution is 2.50. The van der Waals surface area contributed by atoms with Crippen LogP contribution >= 0.6 is 23.5 Å². The summed E-state index contributed by atoms with van der Waals surface area (Å²) in [7, 11) is -0.817. The van der Waals surface area contributed by atoms with Crippen LogP contribution in [0.15, 0.2) is 26.2 Å². The van der Waals surface area contributed by atoms with E-state index in [2.05, 4.69) is 62.2 Å². The van der Waals surface area contributed by atoms with Gasteiger partial charge in [0.1, 0.15) is 26.0 Å². The highest BCUT2D eigenvalue weighted by Gasteiger charge is 2.32. The summed E-state index contributed by atoms with van der Waals surface area (Å²) in [4.78, 5) is 36.6. The zero-order valence-corrected chi connectivity index (χ0v) is 24.3. The molecule has 0 fully saturated rings. The van der Waals surface area contributed by atoms with Gasteiger partial charge < -0.3 is 9.47 Å². The molecule has 1 aliphatic rings. The van der Waals surface area contributed by atoms with Crippen LogP contribution in [-0.4, -0.2) is 48.6 Å². The minimum absolute atomic E-state index is 0.184. The fourth-order valence-corrected chi connectivity index (χ4v) is 5.93. The van der Waals surface area contributed by atoms with E-state index in [4.69, 9.17) is 9.47 Å². The smallest absolute Gasteiger partial charge is 0.346 e. The van der Waals surface area contributed by atoms with E-state index in [0.717, 1.165) is 35.4 Å². The molecule has 1 heterocycles. The molecule has 2 rings (SSSR count). The summed E-state index contributed by atoms with van der Waals surface area (Å²) in [6.07, 6.45) is 2.66. The monoisotopic (exact) mass is 528 g/mol. The van der Waals surface area contributed by atoms with E-state index in [-0.39, 0.29) is 9.81 Å². The van der Waals surface area contributed by atoms with Crippen molar-refractivity contribution in [1.82, 2.24) is 0 Å². The first kappa shape index (κ1) is 27.8. The second-order valence-corrected chi connectivity index (χ2v) is 21.3. The fraction of sp³-hybridized carbons (Fsp3) is 0.320. The Balaban J connectivity index is 2.67. The second-order valence-electron chi connectivity index (χ2n) is 9.45. The summed E-state index contributed by atoms with van der Waals surface area (Å²) >= 11 is 2.29. The van der Waals surface area contributed by atoms with Gasteiger partial charge in [-0.05, 0) is 23.8 Å². The number of esters is 2. The molecule has 0 saturated heterocycles. The van der Waals surface area contributed by atoms with Crippen LogP contribution in [0, 0.1) is 22.9 Å². The summed E-state index contributed by atoms with van der Waals surface area (Å²) in [6.45, 7) is 12.8. The molecule has 5 nitrogen and oxygen atoms in total. The molecule has 1 aromatic rings. The van der Waals surface area contributed by atoms with Gasteiger partial charge in [-0.1, -0.05) is 74.6 Å². The Morgan fingerprint density at radius 3 is 1.59 bits per heavy atom. The number of methoxy groups -OCH3 is 2. The largest absolute Gasteiger partial charge is 0.465 e. The number of thioether (sulfide) groups is 2. The van der Waals surface area contributed by atoms with Gasteiger partial charge in [-0.2, -0.15) is 0 Å². The predicted molar refractivity (Wildman–Crippen MR) is 146 cm³/mol. The van der Waals surface area contributed by atoms with E-state index in [9.17, 15) is 14.4 Å². The third-order valence-electron chi connectivity index (χ3n) is 4.12. The first-order chi connectivity index (χ1) is 15.8. The van der Waals surface area contributed by atoms with Crippen LogP contribution < -0.4 is 0 Å². The van der Waals surface area contributed by atoms with Crippen LogP contribution in [0.2, 0.25) is 39.3 Å². The molecule has 0 aromatic heterocycles. The van der Waals surface area contributed by atoms with Crippen LogP contribution in [0.3, 0.4) is 0 Å². The van der Waals surface area contributed by atoms with Gasteiger partial charge in [0.15, 0.2) is 6.29 Å². The lowest BCUT2D eigenvalue weighted by Crippen LogP contribution is -2.16. The zero-order valence-electron chi connectivity index (χ0n) is 20.7. The van der Waals surface area contributed by atoms with E-state index in [1.165, 1.54) is 14.2 Å².